The summed E-state index contributed by atoms with van der Waals surface area (Å²) in [4.78, 5) is 58.0. The van der Waals surface area contributed by atoms with Crippen molar-refractivity contribution < 1.29 is 28.6 Å². The molecule has 1 saturated heterocycles. The Bertz CT molecular complexity index is 987. The van der Waals surface area contributed by atoms with E-state index in [9.17, 15) is 34.6 Å². The molecule has 0 spiro atoms. The van der Waals surface area contributed by atoms with Crippen LogP contribution in [0.25, 0.3) is 0 Å². The molecule has 3 rings (SSSR count). The van der Waals surface area contributed by atoms with Crippen molar-refractivity contribution in [3.8, 4) is 0 Å². The molecule has 0 saturated carbocycles. The van der Waals surface area contributed by atoms with E-state index in [4.69, 9.17) is 4.42 Å². The number of nitrogens with zero attached hydrogens (tertiary/aromatic N) is 3. The maximum atomic E-state index is 12.3. The van der Waals surface area contributed by atoms with Crippen molar-refractivity contribution in [3.05, 3.63) is 68.1 Å². The zero-order valence-corrected chi connectivity index (χ0v) is 15.3. The number of non-ortho nitro benzene ring substituents is 2. The number of amides is 3. The summed E-state index contributed by atoms with van der Waals surface area (Å²) >= 11 is 0. The van der Waals surface area contributed by atoms with Crippen molar-refractivity contribution in [2.24, 2.45) is 5.92 Å². The predicted molar refractivity (Wildman–Crippen MR) is 97.6 cm³/mol. The average Bonchev–Trinajstić information content (AvgIpc) is 3.35. The maximum absolute atomic E-state index is 12.3. The normalized spacial score (nSPS) is 15.7. The number of likely N-dealkylation sites (tertiary alicyclic amines) is 1. The third-order valence-corrected chi connectivity index (χ3v) is 4.40. The first-order valence-corrected chi connectivity index (χ1v) is 8.59. The average molecular weight is 417 g/mol. The monoisotopic (exact) mass is 417 g/mol. The molecule has 2 N–H and O–H groups in total. The van der Waals surface area contributed by atoms with Gasteiger partial charge in [0.2, 0.25) is 11.8 Å². The SMILES string of the molecule is O=C(NNC(=O)C1CC(=O)N(Cc2ccco2)C1)c1cc([N+](=O)[O-])cc([N+](=O)[O-])c1. The van der Waals surface area contributed by atoms with Crippen LogP contribution in [0.1, 0.15) is 22.5 Å². The van der Waals surface area contributed by atoms with E-state index in [0.717, 1.165) is 12.1 Å². The predicted octanol–water partition coefficient (Wildman–Crippen LogP) is 0.906. The maximum Gasteiger partial charge on any atom is 0.277 e. The summed E-state index contributed by atoms with van der Waals surface area (Å²) in [6.45, 7) is 0.322. The third kappa shape index (κ3) is 4.57. The van der Waals surface area contributed by atoms with E-state index in [1.165, 1.54) is 11.2 Å². The van der Waals surface area contributed by atoms with Gasteiger partial charge in [-0.3, -0.25) is 45.5 Å². The highest BCUT2D eigenvalue weighted by Gasteiger charge is 2.35. The number of carbonyl (C=O) groups excluding carboxylic acids is 3. The number of carbonyl (C=O) groups is 3. The van der Waals surface area contributed by atoms with Crippen LogP contribution in [0.2, 0.25) is 0 Å². The first kappa shape index (κ1) is 20.4. The Labute approximate surface area is 167 Å². The Hall–Kier alpha value is -4.29. The molecule has 0 aliphatic carbocycles. The Morgan fingerprint density at radius 2 is 1.80 bits per heavy atom. The van der Waals surface area contributed by atoms with Gasteiger partial charge in [0, 0.05) is 25.1 Å². The van der Waals surface area contributed by atoms with Gasteiger partial charge in [0.05, 0.1) is 40.2 Å². The molecule has 1 aromatic heterocycles. The smallest absolute Gasteiger partial charge is 0.277 e. The van der Waals surface area contributed by atoms with Crippen LogP contribution in [-0.4, -0.2) is 39.0 Å². The molecule has 0 radical (unpaired) electrons. The fourth-order valence-electron chi connectivity index (χ4n) is 2.92. The Morgan fingerprint density at radius 1 is 1.13 bits per heavy atom. The van der Waals surface area contributed by atoms with E-state index >= 15 is 0 Å². The molecular weight excluding hydrogens is 402 g/mol. The highest BCUT2D eigenvalue weighted by Crippen LogP contribution is 2.23. The van der Waals surface area contributed by atoms with Gasteiger partial charge in [-0.05, 0) is 12.1 Å². The van der Waals surface area contributed by atoms with Gasteiger partial charge >= 0.3 is 0 Å². The van der Waals surface area contributed by atoms with Crippen LogP contribution in [0.15, 0.2) is 41.0 Å². The van der Waals surface area contributed by atoms with Gasteiger partial charge < -0.3 is 9.32 Å². The van der Waals surface area contributed by atoms with E-state index < -0.39 is 39.0 Å². The number of furan rings is 1. The van der Waals surface area contributed by atoms with E-state index in [2.05, 4.69) is 10.9 Å². The van der Waals surface area contributed by atoms with Crippen LogP contribution in [-0.2, 0) is 16.1 Å². The van der Waals surface area contributed by atoms with E-state index in [0.29, 0.717) is 11.8 Å². The first-order chi connectivity index (χ1) is 14.2. The number of nitrogens with one attached hydrogen (secondary N) is 2. The van der Waals surface area contributed by atoms with Gasteiger partial charge in [0.15, 0.2) is 0 Å². The molecule has 1 atom stereocenters. The second-order valence-corrected chi connectivity index (χ2v) is 6.45. The van der Waals surface area contributed by atoms with Crippen molar-refractivity contribution in [1.29, 1.82) is 0 Å². The standard InChI is InChI=1S/C17H15N5O8/c23-15-6-11(8-20(15)9-14-2-1-3-30-14)17(25)19-18-16(24)10-4-12(21(26)27)7-13(5-10)22(28)29/h1-5,7,11H,6,8-9H2,(H,18,24)(H,19,25). The molecule has 3 amide bonds. The zero-order chi connectivity index (χ0) is 21.8. The Balaban J connectivity index is 1.61. The highest BCUT2D eigenvalue weighted by atomic mass is 16.6. The van der Waals surface area contributed by atoms with Gasteiger partial charge in [-0.2, -0.15) is 0 Å². The third-order valence-electron chi connectivity index (χ3n) is 4.40. The van der Waals surface area contributed by atoms with Crippen molar-refractivity contribution >= 4 is 29.1 Å². The van der Waals surface area contributed by atoms with Crippen molar-refractivity contribution in [2.45, 2.75) is 13.0 Å². The molecule has 1 aliphatic heterocycles. The second-order valence-electron chi connectivity index (χ2n) is 6.45. The summed E-state index contributed by atoms with van der Waals surface area (Å²) in [5, 5.41) is 21.8. The summed E-state index contributed by atoms with van der Waals surface area (Å²) in [5.41, 5.74) is 2.53. The molecule has 1 unspecified atom stereocenters. The molecule has 0 bridgehead atoms. The number of hydrogen-bond donors (Lipinski definition) is 2. The number of hydrogen-bond acceptors (Lipinski definition) is 8. The minimum absolute atomic E-state index is 0.0648. The van der Waals surface area contributed by atoms with Crippen LogP contribution in [0, 0.1) is 26.1 Å². The lowest BCUT2D eigenvalue weighted by atomic mass is 10.1. The number of benzene rings is 1. The van der Waals surface area contributed by atoms with Crippen molar-refractivity contribution in [2.75, 3.05) is 6.54 Å². The largest absolute Gasteiger partial charge is 0.467 e. The molecule has 13 heteroatoms. The molecule has 2 aromatic rings. The molecule has 1 aliphatic rings. The van der Waals surface area contributed by atoms with E-state index in [-0.39, 0.29) is 31.0 Å². The van der Waals surface area contributed by atoms with Gasteiger partial charge in [0.1, 0.15) is 5.76 Å². The minimum Gasteiger partial charge on any atom is -0.467 e. The molecule has 30 heavy (non-hydrogen) atoms. The molecule has 13 nitrogen and oxygen atoms in total. The quantitative estimate of drug-likeness (QED) is 0.514. The minimum atomic E-state index is -0.980. The van der Waals surface area contributed by atoms with Crippen LogP contribution in [0.4, 0.5) is 11.4 Å². The fraction of sp³-hybridized carbons (Fsp3) is 0.235. The Morgan fingerprint density at radius 3 is 2.37 bits per heavy atom. The van der Waals surface area contributed by atoms with Gasteiger partial charge in [-0.15, -0.1) is 0 Å². The van der Waals surface area contributed by atoms with Gasteiger partial charge in [-0.1, -0.05) is 0 Å². The lowest BCUT2D eigenvalue weighted by Gasteiger charge is -2.15. The zero-order valence-electron chi connectivity index (χ0n) is 15.3. The molecule has 156 valence electrons. The Kier molecular flexibility index (Phi) is 5.71. The number of nitro benzene ring substituents is 2. The number of hydrazine groups is 1. The molecular formula is C17H15N5O8. The van der Waals surface area contributed by atoms with Crippen LogP contribution in [0.5, 0.6) is 0 Å². The fourth-order valence-corrected chi connectivity index (χ4v) is 2.92. The second kappa shape index (κ2) is 8.38. The van der Waals surface area contributed by atoms with Gasteiger partial charge in [0.25, 0.3) is 17.3 Å². The van der Waals surface area contributed by atoms with Crippen LogP contribution >= 0.6 is 0 Å². The summed E-state index contributed by atoms with van der Waals surface area (Å²) in [5.74, 6) is -2.05. The van der Waals surface area contributed by atoms with E-state index in [1.807, 2.05) is 0 Å². The summed E-state index contributed by atoms with van der Waals surface area (Å²) in [7, 11) is 0. The van der Waals surface area contributed by atoms with Crippen molar-refractivity contribution in [1.82, 2.24) is 15.8 Å². The summed E-state index contributed by atoms with van der Waals surface area (Å²) in [6.07, 6.45) is 1.40. The first-order valence-electron chi connectivity index (χ1n) is 8.59. The lowest BCUT2D eigenvalue weighted by molar-refractivity contribution is -0.394. The van der Waals surface area contributed by atoms with E-state index in [1.54, 1.807) is 12.1 Å². The highest BCUT2D eigenvalue weighted by molar-refractivity contribution is 5.97. The summed E-state index contributed by atoms with van der Waals surface area (Å²) in [6, 6.07) is 5.78. The van der Waals surface area contributed by atoms with Gasteiger partial charge in [-0.25, -0.2) is 0 Å². The lowest BCUT2D eigenvalue weighted by Crippen LogP contribution is -2.45. The topological polar surface area (TPSA) is 178 Å². The molecule has 1 aromatic carbocycles. The van der Waals surface area contributed by atoms with Crippen LogP contribution in [0.3, 0.4) is 0 Å². The molecule has 2 heterocycles. The van der Waals surface area contributed by atoms with Crippen LogP contribution < -0.4 is 10.9 Å². The number of nitro groups is 2. The number of rotatable bonds is 6. The van der Waals surface area contributed by atoms with Crippen molar-refractivity contribution in [3.63, 3.8) is 0 Å². The summed E-state index contributed by atoms with van der Waals surface area (Å²) < 4.78 is 5.17. The molecule has 1 fully saturated rings.